The van der Waals surface area contributed by atoms with E-state index in [-0.39, 0.29) is 12.6 Å². The van der Waals surface area contributed by atoms with E-state index in [2.05, 4.69) is 19.4 Å². The second-order valence-electron chi connectivity index (χ2n) is 7.75. The molecular weight excluding hydrogens is 392 g/mol. The summed E-state index contributed by atoms with van der Waals surface area (Å²) >= 11 is 0. The van der Waals surface area contributed by atoms with E-state index in [1.54, 1.807) is 23.0 Å². The first-order valence-corrected chi connectivity index (χ1v) is 11.6. The fourth-order valence-electron chi connectivity index (χ4n) is 3.46. The number of piperidine rings is 1. The summed E-state index contributed by atoms with van der Waals surface area (Å²) in [5, 5.41) is 13.6. The Bertz CT molecular complexity index is 991. The highest BCUT2D eigenvalue weighted by molar-refractivity contribution is 7.88. The summed E-state index contributed by atoms with van der Waals surface area (Å²) < 4.78 is 30.2. The van der Waals surface area contributed by atoms with Gasteiger partial charge in [0.1, 0.15) is 24.6 Å². The molecular formula is C19H29N6O3S+. The molecule has 1 fully saturated rings. The van der Waals surface area contributed by atoms with Crippen LogP contribution in [0.2, 0.25) is 0 Å². The van der Waals surface area contributed by atoms with Crippen LogP contribution < -0.4 is 10.5 Å². The summed E-state index contributed by atoms with van der Waals surface area (Å²) in [4.78, 5) is 4.55. The molecule has 2 aliphatic rings. The van der Waals surface area contributed by atoms with Crippen molar-refractivity contribution in [3.63, 3.8) is 0 Å². The fraction of sp³-hybridized carbons (Fsp3) is 0.526. The monoisotopic (exact) mass is 421 g/mol. The molecule has 1 aromatic heterocycles. The molecule has 0 saturated carbocycles. The van der Waals surface area contributed by atoms with Crippen LogP contribution in [-0.4, -0.2) is 65.3 Å². The lowest BCUT2D eigenvalue weighted by molar-refractivity contribution is -0.539. The quantitative estimate of drug-likeness (QED) is 0.483. The Labute approximate surface area is 171 Å². The summed E-state index contributed by atoms with van der Waals surface area (Å²) in [5.41, 5.74) is 8.41. The maximum Gasteiger partial charge on any atom is 0.229 e. The molecule has 0 radical (unpaired) electrons. The van der Waals surface area contributed by atoms with Crippen LogP contribution in [0.3, 0.4) is 0 Å². The molecule has 1 aliphatic heterocycles. The predicted octanol–water partition coefficient (Wildman–Crippen LogP) is 0.977. The lowest BCUT2D eigenvalue weighted by Crippen LogP contribution is -2.34. The molecule has 0 bridgehead atoms. The van der Waals surface area contributed by atoms with Gasteiger partial charge in [0.25, 0.3) is 0 Å². The number of anilines is 1. The molecule has 0 spiro atoms. The Morgan fingerprint density at radius 1 is 1.38 bits per heavy atom. The maximum absolute atomic E-state index is 11.9. The molecule has 29 heavy (non-hydrogen) atoms. The van der Waals surface area contributed by atoms with Gasteiger partial charge in [-0.3, -0.25) is 4.72 Å². The minimum atomic E-state index is -3.48. The number of hydrogen-bond acceptors (Lipinski definition) is 6. The van der Waals surface area contributed by atoms with E-state index in [1.807, 2.05) is 19.9 Å². The lowest BCUT2D eigenvalue weighted by atomic mass is 9.98. The van der Waals surface area contributed by atoms with Gasteiger partial charge in [-0.05, 0) is 25.8 Å². The van der Waals surface area contributed by atoms with Gasteiger partial charge in [0.05, 0.1) is 23.9 Å². The van der Waals surface area contributed by atoms with E-state index < -0.39 is 10.0 Å². The molecule has 9 nitrogen and oxygen atoms in total. The van der Waals surface area contributed by atoms with Gasteiger partial charge in [0.15, 0.2) is 0 Å². The van der Waals surface area contributed by atoms with Crippen LogP contribution in [0, 0.1) is 5.92 Å². The number of rotatable bonds is 5. The largest absolute Gasteiger partial charge is 0.396 e. The Morgan fingerprint density at radius 3 is 2.62 bits per heavy atom. The van der Waals surface area contributed by atoms with Crippen LogP contribution in [0.4, 0.5) is 11.5 Å². The molecule has 10 heteroatoms. The Balaban J connectivity index is 1.96. The first kappa shape index (κ1) is 21.3. The molecule has 158 valence electrons. The number of aliphatic hydroxyl groups is 1. The zero-order valence-corrected chi connectivity index (χ0v) is 17.9. The van der Waals surface area contributed by atoms with E-state index in [0.717, 1.165) is 37.9 Å². The van der Waals surface area contributed by atoms with Gasteiger partial charge in [-0.15, -0.1) is 0 Å². The molecule has 4 N–H and O–H groups in total. The summed E-state index contributed by atoms with van der Waals surface area (Å²) in [5.74, 6) is 0.759. The van der Waals surface area contributed by atoms with Gasteiger partial charge < -0.3 is 10.8 Å². The maximum atomic E-state index is 11.9. The van der Waals surface area contributed by atoms with E-state index >= 15 is 0 Å². The van der Waals surface area contributed by atoms with Crippen molar-refractivity contribution in [3.8, 4) is 0 Å². The third kappa shape index (κ3) is 5.13. The number of aromatic nitrogens is 2. The average molecular weight is 422 g/mol. The number of hydrogen-bond donors (Lipinski definition) is 3. The Kier molecular flexibility index (Phi) is 6.23. The molecule has 0 unspecified atom stereocenters. The molecule has 1 saturated heterocycles. The van der Waals surface area contributed by atoms with Crippen LogP contribution in [-0.2, 0) is 10.0 Å². The standard InChI is InChI=1S/C19H28N6O3S/c1-13(2)25-19(20)18(11-21-25)22-16-5-4-15(10-17(16)23-29(3,27)28)24-8-6-14(12-26)7-9-24/h4-5,10-11,13-14,26H,6-9,12H2,1-3H3,(H2,20,21,23)/p+1. The number of nitrogens with one attached hydrogen (secondary N) is 1. The predicted molar refractivity (Wildman–Crippen MR) is 114 cm³/mol. The van der Waals surface area contributed by atoms with E-state index in [0.29, 0.717) is 28.8 Å². The van der Waals surface area contributed by atoms with E-state index in [9.17, 15) is 13.5 Å². The minimum Gasteiger partial charge on any atom is -0.396 e. The van der Waals surface area contributed by atoms with Crippen LogP contribution in [0.1, 0.15) is 32.7 Å². The van der Waals surface area contributed by atoms with Gasteiger partial charge in [-0.2, -0.15) is 5.10 Å². The molecule has 1 aliphatic carbocycles. The normalized spacial score (nSPS) is 21.8. The molecule has 2 heterocycles. The molecule has 1 aromatic rings. The second kappa shape index (κ2) is 8.50. The smallest absolute Gasteiger partial charge is 0.229 e. The first-order valence-electron chi connectivity index (χ1n) is 9.70. The summed E-state index contributed by atoms with van der Waals surface area (Å²) in [6, 6.07) is 0.0942. The summed E-state index contributed by atoms with van der Waals surface area (Å²) in [7, 11) is -3.48. The van der Waals surface area contributed by atoms with Crippen molar-refractivity contribution in [2.75, 3.05) is 31.7 Å². The van der Waals surface area contributed by atoms with Crippen molar-refractivity contribution in [2.45, 2.75) is 32.7 Å². The highest BCUT2D eigenvalue weighted by atomic mass is 32.2. The molecule has 0 amide bonds. The number of nitrogens with two attached hydrogens (primary N) is 1. The van der Waals surface area contributed by atoms with Crippen molar-refractivity contribution >= 4 is 33.0 Å². The Hall–Kier alpha value is -2.46. The summed E-state index contributed by atoms with van der Waals surface area (Å²) in [6.07, 6.45) is 10.0. The van der Waals surface area contributed by atoms with Gasteiger partial charge >= 0.3 is 0 Å². The van der Waals surface area contributed by atoms with Crippen LogP contribution >= 0.6 is 0 Å². The first-order chi connectivity index (χ1) is 13.7. The van der Waals surface area contributed by atoms with Crippen molar-refractivity contribution in [2.24, 2.45) is 10.9 Å². The lowest BCUT2D eigenvalue weighted by Gasteiger charge is -2.20. The zero-order chi connectivity index (χ0) is 21.2. The van der Waals surface area contributed by atoms with Crippen LogP contribution in [0.5, 0.6) is 0 Å². The van der Waals surface area contributed by atoms with Crippen molar-refractivity contribution in [3.05, 3.63) is 30.1 Å². The van der Waals surface area contributed by atoms with Crippen molar-refractivity contribution in [1.29, 1.82) is 0 Å². The van der Waals surface area contributed by atoms with Gasteiger partial charge in [-0.25, -0.2) is 22.7 Å². The van der Waals surface area contributed by atoms with Crippen molar-refractivity contribution < 1.29 is 18.1 Å². The number of aliphatic imine (C=N–C) groups is 1. The second-order valence-corrected chi connectivity index (χ2v) is 9.50. The fourth-order valence-corrected chi connectivity index (χ4v) is 4.03. The minimum absolute atomic E-state index is 0.0942. The van der Waals surface area contributed by atoms with Crippen molar-refractivity contribution in [1.82, 2.24) is 14.5 Å². The molecule has 3 rings (SSSR count). The SMILES string of the molecule is CC(C)n1ncc(N=C2C=CC(=[N+]3CCC(CO)CC3)C=C2NS(C)(=O)=O)c1N. The third-order valence-corrected chi connectivity index (χ3v) is 5.65. The number of aliphatic hydroxyl groups excluding tert-OH is 1. The summed E-state index contributed by atoms with van der Waals surface area (Å²) in [6.45, 7) is 5.78. The van der Waals surface area contributed by atoms with Crippen LogP contribution in [0.15, 0.2) is 35.1 Å². The zero-order valence-electron chi connectivity index (χ0n) is 17.0. The number of nitrogens with zero attached hydrogens (tertiary/aromatic N) is 4. The van der Waals surface area contributed by atoms with Gasteiger partial charge in [0.2, 0.25) is 15.7 Å². The number of allylic oxidation sites excluding steroid dienone is 3. The van der Waals surface area contributed by atoms with Gasteiger partial charge in [-0.1, -0.05) is 0 Å². The Morgan fingerprint density at radius 2 is 2.07 bits per heavy atom. The third-order valence-electron chi connectivity index (χ3n) is 5.06. The molecule has 0 aromatic carbocycles. The van der Waals surface area contributed by atoms with E-state index in [1.165, 1.54) is 0 Å². The van der Waals surface area contributed by atoms with Gasteiger partial charge in [0, 0.05) is 37.6 Å². The number of sulfonamides is 1. The molecule has 0 atom stereocenters. The topological polar surface area (TPSA) is 126 Å². The van der Waals surface area contributed by atoms with E-state index in [4.69, 9.17) is 5.73 Å². The highest BCUT2D eigenvalue weighted by Crippen LogP contribution is 2.25. The average Bonchev–Trinajstić information content (AvgIpc) is 3.02. The highest BCUT2D eigenvalue weighted by Gasteiger charge is 2.25. The van der Waals surface area contributed by atoms with Crippen LogP contribution in [0.25, 0.3) is 0 Å². The number of nitrogen functional groups attached to an aromatic ring is 1.